The molecule has 1 aromatic carbocycles. The van der Waals surface area contributed by atoms with E-state index >= 15 is 0 Å². The molecule has 0 unspecified atom stereocenters. The molecule has 178 valence electrons. The zero-order valence-electron chi connectivity index (χ0n) is 20.9. The Morgan fingerprint density at radius 1 is 0.656 bits per heavy atom. The first-order chi connectivity index (χ1) is 15.5. The van der Waals surface area contributed by atoms with Gasteiger partial charge in [-0.15, -0.1) is 0 Å². The Hall–Kier alpha value is -1.88. The summed E-state index contributed by atoms with van der Waals surface area (Å²) < 4.78 is 11.7. The molecule has 0 bridgehead atoms. The first kappa shape index (κ1) is 26.4. The minimum absolute atomic E-state index is 0.714. The van der Waals surface area contributed by atoms with Gasteiger partial charge in [0.1, 0.15) is 5.75 Å². The Bertz CT molecular complexity index is 727. The van der Waals surface area contributed by atoms with Crippen molar-refractivity contribution >= 4 is 8.07 Å². The zero-order chi connectivity index (χ0) is 23.1. The third-order valence-corrected chi connectivity index (χ3v) is 7.45. The molecule has 1 aromatic heterocycles. The van der Waals surface area contributed by atoms with E-state index in [1.54, 1.807) is 12.4 Å². The van der Waals surface area contributed by atoms with Crippen LogP contribution >= 0.6 is 0 Å². The maximum atomic E-state index is 5.86. The van der Waals surface area contributed by atoms with Gasteiger partial charge in [-0.1, -0.05) is 84.0 Å². The van der Waals surface area contributed by atoms with Crippen LogP contribution in [0, 0.1) is 0 Å². The molecule has 2 aromatic rings. The second-order valence-corrected chi connectivity index (χ2v) is 15.6. The van der Waals surface area contributed by atoms with Crippen molar-refractivity contribution in [1.82, 2.24) is 9.97 Å². The van der Waals surface area contributed by atoms with Crippen molar-refractivity contribution in [2.24, 2.45) is 0 Å². The van der Waals surface area contributed by atoms with E-state index in [4.69, 9.17) is 9.47 Å². The van der Waals surface area contributed by atoms with Crippen molar-refractivity contribution in [3.05, 3.63) is 36.7 Å². The van der Waals surface area contributed by atoms with E-state index in [1.807, 2.05) is 24.3 Å². The molecule has 0 atom stereocenters. The average Bonchev–Trinajstić information content (AvgIpc) is 2.78. The van der Waals surface area contributed by atoms with E-state index in [0.717, 1.165) is 43.1 Å². The predicted molar refractivity (Wildman–Crippen MR) is 138 cm³/mol. The van der Waals surface area contributed by atoms with Crippen LogP contribution < -0.4 is 9.47 Å². The van der Waals surface area contributed by atoms with Gasteiger partial charge in [-0.3, -0.25) is 0 Å². The molecule has 0 radical (unpaired) electrons. The van der Waals surface area contributed by atoms with Crippen LogP contribution in [0.3, 0.4) is 0 Å². The molecule has 0 fully saturated rings. The smallest absolute Gasteiger partial charge is 0.159 e. The molecule has 1 heterocycles. The number of ether oxygens (including phenoxy) is 2. The number of rotatable bonds is 17. The summed E-state index contributed by atoms with van der Waals surface area (Å²) in [6.45, 7) is 11.1. The zero-order valence-corrected chi connectivity index (χ0v) is 21.9. The molecule has 0 aliphatic heterocycles. The molecule has 0 amide bonds. The highest BCUT2D eigenvalue weighted by Gasteiger charge is 2.11. The molecule has 32 heavy (non-hydrogen) atoms. The molecule has 0 spiro atoms. The molecule has 2 rings (SSSR count). The lowest BCUT2D eigenvalue weighted by atomic mass is 10.1. The van der Waals surface area contributed by atoms with Crippen LogP contribution in [0.25, 0.3) is 11.4 Å². The lowest BCUT2D eigenvalue weighted by Gasteiger charge is -2.14. The van der Waals surface area contributed by atoms with E-state index in [2.05, 4.69) is 36.5 Å². The van der Waals surface area contributed by atoms with E-state index in [-0.39, 0.29) is 0 Å². The van der Waals surface area contributed by atoms with Gasteiger partial charge in [0.25, 0.3) is 0 Å². The largest absolute Gasteiger partial charge is 0.494 e. The van der Waals surface area contributed by atoms with Crippen molar-refractivity contribution in [1.29, 1.82) is 0 Å². The summed E-state index contributed by atoms with van der Waals surface area (Å²) in [6.07, 6.45) is 16.2. The lowest BCUT2D eigenvalue weighted by molar-refractivity contribution is 0.302. The van der Waals surface area contributed by atoms with Gasteiger partial charge >= 0.3 is 0 Å². The van der Waals surface area contributed by atoms with Gasteiger partial charge < -0.3 is 9.47 Å². The van der Waals surface area contributed by atoms with Crippen LogP contribution in [0.2, 0.25) is 25.7 Å². The minimum Gasteiger partial charge on any atom is -0.494 e. The molecular formula is C27H44N2O2Si. The van der Waals surface area contributed by atoms with E-state index in [1.165, 1.54) is 57.4 Å². The summed E-state index contributed by atoms with van der Waals surface area (Å²) in [6, 6.07) is 9.47. The van der Waals surface area contributed by atoms with Gasteiger partial charge in [0.15, 0.2) is 11.6 Å². The third kappa shape index (κ3) is 11.7. The predicted octanol–water partition coefficient (Wildman–Crippen LogP) is 8.16. The van der Waals surface area contributed by atoms with Crippen molar-refractivity contribution in [3.63, 3.8) is 0 Å². The fraction of sp³-hybridized carbons (Fsp3) is 0.630. The average molecular weight is 457 g/mol. The highest BCUT2D eigenvalue weighted by molar-refractivity contribution is 6.76. The van der Waals surface area contributed by atoms with Gasteiger partial charge in [-0.05, 0) is 37.1 Å². The maximum absolute atomic E-state index is 5.86. The topological polar surface area (TPSA) is 44.2 Å². The highest BCUT2D eigenvalue weighted by Crippen LogP contribution is 2.21. The summed E-state index contributed by atoms with van der Waals surface area (Å²) in [5.74, 6) is 2.37. The number of hydrogen-bond donors (Lipinski definition) is 0. The monoisotopic (exact) mass is 456 g/mol. The Labute approximate surface area is 197 Å². The molecule has 0 aliphatic rings. The summed E-state index contributed by atoms with van der Waals surface area (Å²) in [4.78, 5) is 8.95. The first-order valence-electron chi connectivity index (χ1n) is 12.7. The molecular weight excluding hydrogens is 412 g/mol. The van der Waals surface area contributed by atoms with Crippen LogP contribution in [0.4, 0.5) is 0 Å². The molecule has 4 nitrogen and oxygen atoms in total. The van der Waals surface area contributed by atoms with Crippen LogP contribution in [0.1, 0.15) is 71.1 Å². The van der Waals surface area contributed by atoms with Crippen molar-refractivity contribution in [3.8, 4) is 22.9 Å². The quantitative estimate of drug-likeness (QED) is 0.178. The van der Waals surface area contributed by atoms with E-state index in [9.17, 15) is 0 Å². The summed E-state index contributed by atoms with van der Waals surface area (Å²) in [5, 5.41) is 0. The number of nitrogens with zero attached hydrogens (tertiary/aromatic N) is 2. The van der Waals surface area contributed by atoms with Crippen LogP contribution in [0.5, 0.6) is 11.5 Å². The Morgan fingerprint density at radius 3 is 1.78 bits per heavy atom. The van der Waals surface area contributed by atoms with Crippen molar-refractivity contribution in [2.75, 3.05) is 13.2 Å². The second kappa shape index (κ2) is 15.0. The fourth-order valence-electron chi connectivity index (χ4n) is 3.61. The van der Waals surface area contributed by atoms with Gasteiger partial charge in [-0.25, -0.2) is 9.97 Å². The molecule has 0 aliphatic carbocycles. The summed E-state index contributed by atoms with van der Waals surface area (Å²) in [5.41, 5.74) is 0.992. The number of unbranched alkanes of at least 4 members (excludes halogenated alkanes) is 8. The summed E-state index contributed by atoms with van der Waals surface area (Å²) >= 11 is 0. The highest BCUT2D eigenvalue weighted by atomic mass is 28.3. The van der Waals surface area contributed by atoms with Crippen LogP contribution in [0.15, 0.2) is 36.7 Å². The Morgan fingerprint density at radius 2 is 1.19 bits per heavy atom. The first-order valence-corrected chi connectivity index (χ1v) is 16.4. The Kier molecular flexibility index (Phi) is 12.4. The van der Waals surface area contributed by atoms with Crippen LogP contribution in [-0.2, 0) is 0 Å². The normalized spacial score (nSPS) is 11.5. The molecule has 5 heteroatoms. The van der Waals surface area contributed by atoms with Crippen molar-refractivity contribution in [2.45, 2.75) is 96.8 Å². The SMILES string of the molecule is CCCCCCCCOc1ccc(-c2ncc(OCCCCCC[Si](C)(C)C)cn2)cc1. The van der Waals surface area contributed by atoms with Gasteiger partial charge in [-0.2, -0.15) is 0 Å². The molecule has 0 N–H and O–H groups in total. The number of aromatic nitrogens is 2. The summed E-state index contributed by atoms with van der Waals surface area (Å²) in [7, 11) is -0.883. The Balaban J connectivity index is 1.63. The maximum Gasteiger partial charge on any atom is 0.159 e. The minimum atomic E-state index is -0.883. The van der Waals surface area contributed by atoms with Crippen LogP contribution in [-0.4, -0.2) is 31.3 Å². The van der Waals surface area contributed by atoms with E-state index < -0.39 is 8.07 Å². The number of hydrogen-bond acceptors (Lipinski definition) is 4. The van der Waals surface area contributed by atoms with Crippen molar-refractivity contribution < 1.29 is 9.47 Å². The fourth-order valence-corrected chi connectivity index (χ4v) is 4.92. The second-order valence-electron chi connectivity index (χ2n) is 9.96. The number of benzene rings is 1. The standard InChI is InChI=1S/C27H44N2O2Si/c1-5-6-7-8-9-12-19-30-25-17-15-24(16-18-25)27-28-22-26(23-29-27)31-20-13-10-11-14-21-32(2,3)4/h15-18,22-23H,5-14,19-21H2,1-4H3. The van der Waals surface area contributed by atoms with E-state index in [0.29, 0.717) is 5.82 Å². The van der Waals surface area contributed by atoms with Gasteiger partial charge in [0.05, 0.1) is 25.6 Å². The molecule has 0 saturated carbocycles. The van der Waals surface area contributed by atoms with Gasteiger partial charge in [0, 0.05) is 13.6 Å². The van der Waals surface area contributed by atoms with Gasteiger partial charge in [0.2, 0.25) is 0 Å². The third-order valence-electron chi connectivity index (χ3n) is 5.60. The molecule has 0 saturated heterocycles. The lowest BCUT2D eigenvalue weighted by Crippen LogP contribution is -2.18.